The molecule has 3 aromatic rings. The van der Waals surface area contributed by atoms with Crippen molar-refractivity contribution in [2.75, 3.05) is 12.3 Å². The van der Waals surface area contributed by atoms with Crippen molar-refractivity contribution < 1.29 is 9.18 Å². The number of nitrogen functional groups attached to an aromatic ring is 1. The first-order valence-corrected chi connectivity index (χ1v) is 10.7. The Kier molecular flexibility index (Phi) is 5.64. The number of carbonyl (C=O) groups excluding carboxylic acids is 1. The minimum absolute atomic E-state index is 0.0981. The van der Waals surface area contributed by atoms with Gasteiger partial charge in [0.2, 0.25) is 0 Å². The number of anilines is 1. The number of aryl methyl sites for hydroxylation is 1. The summed E-state index contributed by atoms with van der Waals surface area (Å²) in [6.07, 6.45) is 4.86. The fourth-order valence-corrected chi connectivity index (χ4v) is 4.29. The maximum absolute atomic E-state index is 14.5. The quantitative estimate of drug-likeness (QED) is 0.610. The lowest BCUT2D eigenvalue weighted by molar-refractivity contribution is 0.0692. The van der Waals surface area contributed by atoms with Crippen molar-refractivity contribution in [1.82, 2.24) is 19.5 Å². The molecule has 1 aliphatic heterocycles. The molecule has 0 radical (unpaired) electrons. The molecule has 2 aromatic heterocycles. The lowest BCUT2D eigenvalue weighted by Crippen LogP contribution is -2.38. The summed E-state index contributed by atoms with van der Waals surface area (Å²) in [4.78, 5) is 19.7. The molecule has 2 N–H and O–H groups in total. The van der Waals surface area contributed by atoms with Gasteiger partial charge in [-0.1, -0.05) is 31.4 Å². The number of hydrogen-bond acceptors (Lipinski definition) is 4. The number of fused-ring (bicyclic) bond motifs is 1. The number of hydrogen-bond donors (Lipinski definition) is 1. The van der Waals surface area contributed by atoms with Crippen LogP contribution in [0.2, 0.25) is 5.02 Å². The van der Waals surface area contributed by atoms with Crippen LogP contribution < -0.4 is 5.73 Å². The number of carbonyl (C=O) groups is 1. The van der Waals surface area contributed by atoms with Crippen molar-refractivity contribution in [2.45, 2.75) is 52.0 Å². The van der Waals surface area contributed by atoms with Crippen LogP contribution in [0.4, 0.5) is 10.1 Å². The third kappa shape index (κ3) is 3.62. The van der Waals surface area contributed by atoms with Crippen LogP contribution >= 0.6 is 11.6 Å². The lowest BCUT2D eigenvalue weighted by Gasteiger charge is -2.27. The Morgan fingerprint density at radius 2 is 2.10 bits per heavy atom. The van der Waals surface area contributed by atoms with E-state index in [0.29, 0.717) is 23.4 Å². The van der Waals surface area contributed by atoms with Gasteiger partial charge in [-0.2, -0.15) is 5.10 Å². The molecule has 1 atom stereocenters. The van der Waals surface area contributed by atoms with Gasteiger partial charge in [0.1, 0.15) is 22.2 Å². The standard InChI is InChI=1S/C22H25ClFN5O/c1-3-15-12-18(22(30)28-10-6-4-5-7-13(28)2)26-21-19(23)20(27-29(15)21)16-9-8-14(25)11-17(16)24/h8-9,11-13H,3-7,10,25H2,1-2H3. The first kappa shape index (κ1) is 20.6. The monoisotopic (exact) mass is 429 g/mol. The molecule has 30 heavy (non-hydrogen) atoms. The molecule has 3 heterocycles. The number of likely N-dealkylation sites (tertiary alicyclic amines) is 1. The summed E-state index contributed by atoms with van der Waals surface area (Å²) < 4.78 is 16.1. The van der Waals surface area contributed by atoms with Gasteiger partial charge in [0.25, 0.3) is 5.91 Å². The van der Waals surface area contributed by atoms with Crippen molar-refractivity contribution in [3.05, 3.63) is 46.5 Å². The highest BCUT2D eigenvalue weighted by Crippen LogP contribution is 2.33. The van der Waals surface area contributed by atoms with Crippen LogP contribution in [-0.2, 0) is 6.42 Å². The fourth-order valence-electron chi connectivity index (χ4n) is 4.03. The first-order valence-electron chi connectivity index (χ1n) is 10.3. The van der Waals surface area contributed by atoms with E-state index in [4.69, 9.17) is 17.3 Å². The van der Waals surface area contributed by atoms with Gasteiger partial charge >= 0.3 is 0 Å². The second kappa shape index (κ2) is 8.22. The summed E-state index contributed by atoms with van der Waals surface area (Å²) in [5, 5.41) is 4.72. The van der Waals surface area contributed by atoms with Crippen molar-refractivity contribution in [3.8, 4) is 11.3 Å². The highest BCUT2D eigenvalue weighted by Gasteiger charge is 2.26. The van der Waals surface area contributed by atoms with Crippen LogP contribution in [0, 0.1) is 5.82 Å². The highest BCUT2D eigenvalue weighted by molar-refractivity contribution is 6.36. The van der Waals surface area contributed by atoms with Gasteiger partial charge in [0, 0.05) is 29.5 Å². The molecular weight excluding hydrogens is 405 g/mol. The van der Waals surface area contributed by atoms with Crippen molar-refractivity contribution in [1.29, 1.82) is 0 Å². The maximum atomic E-state index is 14.5. The SMILES string of the molecule is CCc1cc(C(=O)N2CCCCCC2C)nc2c(Cl)c(-c3ccc(N)cc3F)nn12. The molecule has 0 bridgehead atoms. The molecule has 1 amide bonds. The van der Waals surface area contributed by atoms with Crippen molar-refractivity contribution in [3.63, 3.8) is 0 Å². The zero-order valence-corrected chi connectivity index (χ0v) is 17.9. The molecule has 1 saturated heterocycles. The third-order valence-corrected chi connectivity index (χ3v) is 6.10. The molecule has 0 spiro atoms. The van der Waals surface area contributed by atoms with E-state index >= 15 is 0 Å². The molecule has 1 fully saturated rings. The molecule has 158 valence electrons. The molecule has 1 unspecified atom stereocenters. The van der Waals surface area contributed by atoms with Gasteiger partial charge in [-0.3, -0.25) is 4.79 Å². The number of nitrogens with zero attached hydrogens (tertiary/aromatic N) is 4. The van der Waals surface area contributed by atoms with E-state index in [1.165, 1.54) is 6.07 Å². The van der Waals surface area contributed by atoms with E-state index in [9.17, 15) is 9.18 Å². The second-order valence-corrected chi connectivity index (χ2v) is 8.20. The zero-order chi connectivity index (χ0) is 21.4. The number of halogens is 2. The van der Waals surface area contributed by atoms with E-state index in [0.717, 1.165) is 37.9 Å². The van der Waals surface area contributed by atoms with Gasteiger partial charge in [-0.25, -0.2) is 13.9 Å². The fraction of sp³-hybridized carbons (Fsp3) is 0.409. The Hall–Kier alpha value is -2.67. The molecule has 8 heteroatoms. The number of benzene rings is 1. The van der Waals surface area contributed by atoms with E-state index in [1.54, 1.807) is 22.7 Å². The molecular formula is C22H25ClFN5O. The van der Waals surface area contributed by atoms with Crippen LogP contribution in [0.15, 0.2) is 24.3 Å². The molecule has 4 rings (SSSR count). The van der Waals surface area contributed by atoms with Gasteiger partial charge in [-0.15, -0.1) is 0 Å². The average Bonchev–Trinajstić information content (AvgIpc) is 2.90. The number of rotatable bonds is 3. The number of aromatic nitrogens is 3. The Labute approximate surface area is 179 Å². The summed E-state index contributed by atoms with van der Waals surface area (Å²) in [5.74, 6) is -0.605. The summed E-state index contributed by atoms with van der Waals surface area (Å²) in [6.45, 7) is 4.77. The smallest absolute Gasteiger partial charge is 0.272 e. The Morgan fingerprint density at radius 1 is 1.30 bits per heavy atom. The summed E-state index contributed by atoms with van der Waals surface area (Å²) >= 11 is 6.58. The highest BCUT2D eigenvalue weighted by atomic mass is 35.5. The summed E-state index contributed by atoms with van der Waals surface area (Å²) in [6, 6.07) is 6.32. The van der Waals surface area contributed by atoms with Gasteiger partial charge < -0.3 is 10.6 Å². The van der Waals surface area contributed by atoms with Crippen molar-refractivity contribution in [2.24, 2.45) is 0 Å². The van der Waals surface area contributed by atoms with Crippen LogP contribution in [0.5, 0.6) is 0 Å². The van der Waals surface area contributed by atoms with Crippen LogP contribution in [0.3, 0.4) is 0 Å². The summed E-state index contributed by atoms with van der Waals surface area (Å²) in [5.41, 5.74) is 8.00. The Morgan fingerprint density at radius 3 is 2.83 bits per heavy atom. The summed E-state index contributed by atoms with van der Waals surface area (Å²) in [7, 11) is 0. The largest absolute Gasteiger partial charge is 0.399 e. The Balaban J connectivity index is 1.82. The molecule has 1 aromatic carbocycles. The first-order chi connectivity index (χ1) is 14.4. The zero-order valence-electron chi connectivity index (χ0n) is 17.2. The van der Waals surface area contributed by atoms with E-state index in [1.807, 2.05) is 11.8 Å². The normalized spacial score (nSPS) is 17.3. The predicted octanol–water partition coefficient (Wildman–Crippen LogP) is 4.74. The Bertz CT molecular complexity index is 1110. The average molecular weight is 430 g/mol. The van der Waals surface area contributed by atoms with Gasteiger partial charge in [0.05, 0.1) is 0 Å². The molecule has 6 nitrogen and oxygen atoms in total. The van der Waals surface area contributed by atoms with E-state index in [-0.39, 0.29) is 28.2 Å². The topological polar surface area (TPSA) is 76.5 Å². The van der Waals surface area contributed by atoms with Crippen LogP contribution in [0.25, 0.3) is 16.9 Å². The van der Waals surface area contributed by atoms with Gasteiger partial charge in [0.15, 0.2) is 5.65 Å². The lowest BCUT2D eigenvalue weighted by atomic mass is 10.1. The maximum Gasteiger partial charge on any atom is 0.272 e. The number of amides is 1. The van der Waals surface area contributed by atoms with E-state index < -0.39 is 5.82 Å². The van der Waals surface area contributed by atoms with Crippen LogP contribution in [0.1, 0.15) is 55.7 Å². The van der Waals surface area contributed by atoms with Crippen molar-refractivity contribution >= 4 is 28.8 Å². The van der Waals surface area contributed by atoms with Gasteiger partial charge in [-0.05, 0) is 50.5 Å². The molecule has 0 saturated carbocycles. The predicted molar refractivity (Wildman–Crippen MR) is 116 cm³/mol. The number of nitrogens with two attached hydrogens (primary N) is 1. The minimum Gasteiger partial charge on any atom is -0.399 e. The van der Waals surface area contributed by atoms with Crippen LogP contribution in [-0.4, -0.2) is 38.0 Å². The third-order valence-electron chi connectivity index (χ3n) is 5.75. The molecule has 1 aliphatic rings. The van der Waals surface area contributed by atoms with E-state index in [2.05, 4.69) is 17.0 Å². The minimum atomic E-state index is -0.506. The molecule has 0 aliphatic carbocycles. The second-order valence-electron chi connectivity index (χ2n) is 7.82.